The second-order valence-corrected chi connectivity index (χ2v) is 8.37. The third kappa shape index (κ3) is 5.19. The number of aryl methyl sites for hydroxylation is 1. The van der Waals surface area contributed by atoms with Crippen LogP contribution in [0.25, 0.3) is 10.9 Å². The first kappa shape index (κ1) is 20.8. The zero-order valence-electron chi connectivity index (χ0n) is 17.3. The molecule has 1 aliphatic heterocycles. The molecule has 0 spiro atoms. The Balaban J connectivity index is 1.45. The fraction of sp³-hybridized carbons (Fsp3) is 0.409. The van der Waals surface area contributed by atoms with Gasteiger partial charge in [0.05, 0.1) is 37.6 Å². The number of aromatic nitrogens is 2. The van der Waals surface area contributed by atoms with Crippen LogP contribution in [-0.2, 0) is 22.6 Å². The zero-order chi connectivity index (χ0) is 20.9. The van der Waals surface area contributed by atoms with Crippen molar-refractivity contribution in [1.29, 1.82) is 0 Å². The SMILES string of the molecule is Cc1ccc(CN(C)C(=O)CSc2nc(CN3CCOCC3)nc3ccccc23)o1. The third-order valence-electron chi connectivity index (χ3n) is 5.03. The Morgan fingerprint density at radius 1 is 1.17 bits per heavy atom. The lowest BCUT2D eigenvalue weighted by Gasteiger charge is -2.26. The molecule has 0 aliphatic carbocycles. The summed E-state index contributed by atoms with van der Waals surface area (Å²) >= 11 is 1.46. The molecule has 1 aromatic carbocycles. The van der Waals surface area contributed by atoms with Crippen molar-refractivity contribution in [2.75, 3.05) is 39.1 Å². The van der Waals surface area contributed by atoms with Crippen molar-refractivity contribution in [3.05, 3.63) is 53.7 Å². The van der Waals surface area contributed by atoms with Gasteiger partial charge in [0.2, 0.25) is 5.91 Å². The molecule has 0 atom stereocenters. The molecule has 2 aromatic heterocycles. The Hall–Kier alpha value is -2.42. The number of amides is 1. The van der Waals surface area contributed by atoms with Crippen LogP contribution in [0.1, 0.15) is 17.3 Å². The lowest BCUT2D eigenvalue weighted by Crippen LogP contribution is -2.36. The molecule has 1 fully saturated rings. The van der Waals surface area contributed by atoms with E-state index in [1.807, 2.05) is 43.3 Å². The van der Waals surface area contributed by atoms with Gasteiger partial charge in [-0.2, -0.15) is 0 Å². The maximum atomic E-state index is 12.7. The van der Waals surface area contributed by atoms with Crippen LogP contribution in [0.3, 0.4) is 0 Å². The standard InChI is InChI=1S/C22H26N4O3S/c1-16-7-8-17(29-16)13-25(2)21(27)15-30-22-18-5-3-4-6-19(18)23-20(24-22)14-26-9-11-28-12-10-26/h3-8H,9-15H2,1-2H3. The molecular weight excluding hydrogens is 400 g/mol. The van der Waals surface area contributed by atoms with E-state index < -0.39 is 0 Å². The quantitative estimate of drug-likeness (QED) is 0.425. The van der Waals surface area contributed by atoms with Gasteiger partial charge in [-0.3, -0.25) is 9.69 Å². The first-order chi connectivity index (χ1) is 14.6. The fourth-order valence-corrected chi connectivity index (χ4v) is 4.34. The van der Waals surface area contributed by atoms with Crippen LogP contribution in [0.5, 0.6) is 0 Å². The van der Waals surface area contributed by atoms with Gasteiger partial charge in [-0.05, 0) is 25.1 Å². The molecule has 3 heterocycles. The van der Waals surface area contributed by atoms with Crippen LogP contribution in [-0.4, -0.2) is 64.8 Å². The molecule has 158 valence electrons. The summed E-state index contributed by atoms with van der Waals surface area (Å²) in [6, 6.07) is 11.8. The lowest BCUT2D eigenvalue weighted by atomic mass is 10.2. The van der Waals surface area contributed by atoms with Gasteiger partial charge in [-0.25, -0.2) is 9.97 Å². The number of para-hydroxylation sites is 1. The average Bonchev–Trinajstić information content (AvgIpc) is 3.17. The predicted molar refractivity (Wildman–Crippen MR) is 116 cm³/mol. The molecule has 30 heavy (non-hydrogen) atoms. The van der Waals surface area contributed by atoms with E-state index in [9.17, 15) is 4.79 Å². The Morgan fingerprint density at radius 3 is 2.73 bits per heavy atom. The van der Waals surface area contributed by atoms with Crippen LogP contribution in [0.4, 0.5) is 0 Å². The molecule has 0 radical (unpaired) electrons. The van der Waals surface area contributed by atoms with E-state index >= 15 is 0 Å². The molecule has 0 saturated carbocycles. The molecule has 1 amide bonds. The number of carbonyl (C=O) groups excluding carboxylic acids is 1. The van der Waals surface area contributed by atoms with Crippen molar-refractivity contribution in [3.63, 3.8) is 0 Å². The molecule has 1 saturated heterocycles. The molecule has 1 aliphatic rings. The minimum Gasteiger partial charge on any atom is -0.464 e. The highest BCUT2D eigenvalue weighted by Crippen LogP contribution is 2.26. The number of morpholine rings is 1. The molecule has 3 aromatic rings. The molecule has 0 bridgehead atoms. The number of ether oxygens (including phenoxy) is 1. The predicted octanol–water partition coefficient (Wildman–Crippen LogP) is 3.11. The van der Waals surface area contributed by atoms with Gasteiger partial charge in [0, 0.05) is 25.5 Å². The number of hydrogen-bond donors (Lipinski definition) is 0. The topological polar surface area (TPSA) is 71.7 Å². The van der Waals surface area contributed by atoms with Crippen molar-refractivity contribution in [3.8, 4) is 0 Å². The van der Waals surface area contributed by atoms with E-state index in [-0.39, 0.29) is 5.91 Å². The summed E-state index contributed by atoms with van der Waals surface area (Å²) in [5, 5.41) is 1.82. The van der Waals surface area contributed by atoms with Crippen molar-refractivity contribution >= 4 is 28.6 Å². The zero-order valence-corrected chi connectivity index (χ0v) is 18.2. The molecule has 7 nitrogen and oxygen atoms in total. The number of hydrogen-bond acceptors (Lipinski definition) is 7. The van der Waals surface area contributed by atoms with E-state index in [0.29, 0.717) is 18.8 Å². The minimum atomic E-state index is 0.0338. The summed E-state index contributed by atoms with van der Waals surface area (Å²) in [5.74, 6) is 2.76. The van der Waals surface area contributed by atoms with Crippen molar-refractivity contribution in [2.45, 2.75) is 25.0 Å². The van der Waals surface area contributed by atoms with E-state index in [1.165, 1.54) is 11.8 Å². The molecular formula is C22H26N4O3S. The highest BCUT2D eigenvalue weighted by Gasteiger charge is 2.17. The summed E-state index contributed by atoms with van der Waals surface area (Å²) in [7, 11) is 1.79. The number of furan rings is 1. The Bertz CT molecular complexity index is 1020. The van der Waals surface area contributed by atoms with Crippen LogP contribution in [0.2, 0.25) is 0 Å². The molecule has 4 rings (SSSR count). The van der Waals surface area contributed by atoms with Gasteiger partial charge < -0.3 is 14.1 Å². The second-order valence-electron chi connectivity index (χ2n) is 7.40. The average molecular weight is 427 g/mol. The van der Waals surface area contributed by atoms with E-state index in [0.717, 1.165) is 59.6 Å². The molecule has 8 heteroatoms. The van der Waals surface area contributed by atoms with Crippen LogP contribution in [0, 0.1) is 6.92 Å². The van der Waals surface area contributed by atoms with E-state index in [1.54, 1.807) is 11.9 Å². The van der Waals surface area contributed by atoms with Gasteiger partial charge >= 0.3 is 0 Å². The smallest absolute Gasteiger partial charge is 0.233 e. The highest BCUT2D eigenvalue weighted by atomic mass is 32.2. The van der Waals surface area contributed by atoms with Gasteiger partial charge in [0.25, 0.3) is 0 Å². The van der Waals surface area contributed by atoms with E-state index in [4.69, 9.17) is 19.1 Å². The lowest BCUT2D eigenvalue weighted by molar-refractivity contribution is -0.127. The van der Waals surface area contributed by atoms with Crippen molar-refractivity contribution < 1.29 is 13.9 Å². The van der Waals surface area contributed by atoms with Gasteiger partial charge in [-0.15, -0.1) is 0 Å². The summed E-state index contributed by atoms with van der Waals surface area (Å²) in [4.78, 5) is 26.2. The Kier molecular flexibility index (Phi) is 6.66. The molecule has 0 N–H and O–H groups in total. The van der Waals surface area contributed by atoms with Crippen molar-refractivity contribution in [1.82, 2.24) is 19.8 Å². The fourth-order valence-electron chi connectivity index (χ4n) is 3.37. The highest BCUT2D eigenvalue weighted by molar-refractivity contribution is 8.00. The number of fused-ring (bicyclic) bond motifs is 1. The van der Waals surface area contributed by atoms with Crippen molar-refractivity contribution in [2.24, 2.45) is 0 Å². The maximum Gasteiger partial charge on any atom is 0.233 e. The summed E-state index contributed by atoms with van der Waals surface area (Å²) in [5.41, 5.74) is 0.908. The second kappa shape index (κ2) is 9.59. The summed E-state index contributed by atoms with van der Waals surface area (Å²) < 4.78 is 11.0. The first-order valence-electron chi connectivity index (χ1n) is 10.1. The number of rotatable bonds is 7. The number of carbonyl (C=O) groups is 1. The third-order valence-corrected chi connectivity index (χ3v) is 6.01. The first-order valence-corrected chi connectivity index (χ1v) is 11.0. The van der Waals surface area contributed by atoms with E-state index in [2.05, 4.69) is 4.90 Å². The largest absolute Gasteiger partial charge is 0.464 e. The summed E-state index contributed by atoms with van der Waals surface area (Å²) in [6.07, 6.45) is 0. The number of benzene rings is 1. The van der Waals surface area contributed by atoms with Gasteiger partial charge in [0.15, 0.2) is 0 Å². The van der Waals surface area contributed by atoms with Gasteiger partial charge in [-0.1, -0.05) is 30.0 Å². The van der Waals surface area contributed by atoms with Crippen LogP contribution < -0.4 is 0 Å². The Morgan fingerprint density at radius 2 is 1.97 bits per heavy atom. The normalized spacial score (nSPS) is 14.9. The molecule has 0 unspecified atom stereocenters. The maximum absolute atomic E-state index is 12.7. The minimum absolute atomic E-state index is 0.0338. The number of nitrogens with zero attached hydrogens (tertiary/aromatic N) is 4. The van der Waals surface area contributed by atoms with Gasteiger partial charge in [0.1, 0.15) is 22.4 Å². The monoisotopic (exact) mass is 426 g/mol. The Labute approximate surface area is 180 Å². The van der Waals surface area contributed by atoms with Crippen LogP contribution >= 0.6 is 11.8 Å². The summed E-state index contributed by atoms with van der Waals surface area (Å²) in [6.45, 7) is 6.29. The van der Waals surface area contributed by atoms with Crippen LogP contribution in [0.15, 0.2) is 45.8 Å². The number of thioether (sulfide) groups is 1.